The summed E-state index contributed by atoms with van der Waals surface area (Å²) >= 11 is 0. The quantitative estimate of drug-likeness (QED) is 0.398. The van der Waals surface area contributed by atoms with Gasteiger partial charge in [0.15, 0.2) is 0 Å². The Balaban J connectivity index is 3.01. The summed E-state index contributed by atoms with van der Waals surface area (Å²) in [6.45, 7) is 3.89. The van der Waals surface area contributed by atoms with Gasteiger partial charge >= 0.3 is 7.82 Å². The molecule has 0 spiro atoms. The number of phosphoric acid groups is 1. The van der Waals surface area contributed by atoms with E-state index in [4.69, 9.17) is 19.3 Å². The summed E-state index contributed by atoms with van der Waals surface area (Å²) in [6.07, 6.45) is 6.05. The zero-order valence-electron chi connectivity index (χ0n) is 11.0. The van der Waals surface area contributed by atoms with E-state index < -0.39 is 7.82 Å². The van der Waals surface area contributed by atoms with E-state index in [2.05, 4.69) is 11.4 Å². The van der Waals surface area contributed by atoms with Crippen molar-refractivity contribution in [3.05, 3.63) is 0 Å². The summed E-state index contributed by atoms with van der Waals surface area (Å²) in [6, 6.07) is 0. The van der Waals surface area contributed by atoms with Gasteiger partial charge in [-0.3, -0.25) is 4.52 Å². The van der Waals surface area contributed by atoms with Gasteiger partial charge in [0.2, 0.25) is 0 Å². The van der Waals surface area contributed by atoms with Crippen LogP contribution in [-0.4, -0.2) is 42.8 Å². The Kier molecular flexibility index (Phi) is 12.1. The molecule has 18 heavy (non-hydrogen) atoms. The van der Waals surface area contributed by atoms with Crippen LogP contribution < -0.4 is 0 Å². The molecule has 0 aromatic carbocycles. The first-order valence-electron chi connectivity index (χ1n) is 6.42. The Labute approximate surface area is 109 Å². The van der Waals surface area contributed by atoms with E-state index in [1.165, 1.54) is 25.7 Å². The topological polar surface area (TPSA) is 85.2 Å². The molecule has 0 aliphatic rings. The molecular formula is C11H25O6P. The molecule has 0 radical (unpaired) electrons. The van der Waals surface area contributed by atoms with E-state index in [1.807, 2.05) is 0 Å². The number of rotatable bonds is 13. The van der Waals surface area contributed by atoms with Gasteiger partial charge in [-0.1, -0.05) is 32.6 Å². The number of hydrogen-bond acceptors (Lipinski definition) is 4. The second-order valence-corrected chi connectivity index (χ2v) is 5.20. The largest absolute Gasteiger partial charge is 0.469 e. The zero-order valence-corrected chi connectivity index (χ0v) is 11.9. The van der Waals surface area contributed by atoms with Gasteiger partial charge in [-0.05, 0) is 6.42 Å². The smallest absolute Gasteiger partial charge is 0.379 e. The molecular weight excluding hydrogens is 259 g/mol. The number of phosphoric ester groups is 1. The number of unbranched alkanes of at least 4 members (excludes halogenated alkanes) is 4. The van der Waals surface area contributed by atoms with Gasteiger partial charge < -0.3 is 19.3 Å². The van der Waals surface area contributed by atoms with Crippen LogP contribution in [0.4, 0.5) is 0 Å². The van der Waals surface area contributed by atoms with Gasteiger partial charge in [0, 0.05) is 6.61 Å². The Morgan fingerprint density at radius 3 is 2.00 bits per heavy atom. The molecule has 0 unspecified atom stereocenters. The normalized spacial score (nSPS) is 11.9. The molecule has 0 saturated heterocycles. The van der Waals surface area contributed by atoms with E-state index in [1.54, 1.807) is 0 Å². The van der Waals surface area contributed by atoms with Crippen LogP contribution in [0.25, 0.3) is 0 Å². The highest BCUT2D eigenvalue weighted by molar-refractivity contribution is 7.46. The molecule has 110 valence electrons. The molecule has 0 aromatic heterocycles. The lowest BCUT2D eigenvalue weighted by Gasteiger charge is -2.07. The van der Waals surface area contributed by atoms with Gasteiger partial charge in [-0.25, -0.2) is 4.57 Å². The average Bonchev–Trinajstić information content (AvgIpc) is 2.29. The van der Waals surface area contributed by atoms with Gasteiger partial charge in [-0.15, -0.1) is 0 Å². The third-order valence-corrected chi connectivity index (χ3v) is 2.77. The second kappa shape index (κ2) is 12.1. The predicted octanol–water partition coefficient (Wildman–Crippen LogP) is 2.10. The fourth-order valence-corrected chi connectivity index (χ4v) is 1.66. The zero-order chi connectivity index (χ0) is 13.7. The summed E-state index contributed by atoms with van der Waals surface area (Å²) < 4.78 is 24.9. The van der Waals surface area contributed by atoms with Crippen molar-refractivity contribution in [2.45, 2.75) is 39.0 Å². The Morgan fingerprint density at radius 2 is 1.39 bits per heavy atom. The predicted molar refractivity (Wildman–Crippen MR) is 68.4 cm³/mol. The first-order valence-corrected chi connectivity index (χ1v) is 7.95. The van der Waals surface area contributed by atoms with Crippen molar-refractivity contribution < 1.29 is 28.3 Å². The summed E-state index contributed by atoms with van der Waals surface area (Å²) in [7, 11) is -4.36. The molecule has 0 bridgehead atoms. The van der Waals surface area contributed by atoms with Crippen LogP contribution in [0.3, 0.4) is 0 Å². The van der Waals surface area contributed by atoms with Crippen LogP contribution in [0.5, 0.6) is 0 Å². The van der Waals surface area contributed by atoms with Gasteiger partial charge in [0.05, 0.1) is 26.4 Å². The average molecular weight is 284 g/mol. The van der Waals surface area contributed by atoms with E-state index in [-0.39, 0.29) is 13.2 Å². The van der Waals surface area contributed by atoms with Crippen molar-refractivity contribution in [3.8, 4) is 0 Å². The summed E-state index contributed by atoms with van der Waals surface area (Å²) in [5.74, 6) is 0. The van der Waals surface area contributed by atoms with E-state index in [9.17, 15) is 4.57 Å². The minimum absolute atomic E-state index is 0.110. The molecule has 0 aliphatic heterocycles. The molecule has 0 amide bonds. The molecule has 0 heterocycles. The fourth-order valence-electron chi connectivity index (χ4n) is 1.34. The van der Waals surface area contributed by atoms with Gasteiger partial charge in [0.25, 0.3) is 0 Å². The van der Waals surface area contributed by atoms with E-state index in [0.29, 0.717) is 13.2 Å². The van der Waals surface area contributed by atoms with Crippen LogP contribution >= 0.6 is 7.82 Å². The van der Waals surface area contributed by atoms with Crippen molar-refractivity contribution in [2.24, 2.45) is 0 Å². The summed E-state index contributed by atoms with van der Waals surface area (Å²) in [5.41, 5.74) is 0. The van der Waals surface area contributed by atoms with Crippen LogP contribution in [-0.2, 0) is 18.6 Å². The molecule has 0 rings (SSSR count). The van der Waals surface area contributed by atoms with Crippen molar-refractivity contribution in [1.29, 1.82) is 0 Å². The minimum Gasteiger partial charge on any atom is -0.379 e. The van der Waals surface area contributed by atoms with Crippen LogP contribution in [0.1, 0.15) is 39.0 Å². The van der Waals surface area contributed by atoms with E-state index >= 15 is 0 Å². The SMILES string of the molecule is CCCCCCCOCCOCCOP(=O)(O)O. The van der Waals surface area contributed by atoms with Crippen LogP contribution in [0, 0.1) is 0 Å². The fraction of sp³-hybridized carbons (Fsp3) is 1.00. The molecule has 0 aromatic rings. The lowest BCUT2D eigenvalue weighted by atomic mass is 10.2. The van der Waals surface area contributed by atoms with Gasteiger partial charge in [0.1, 0.15) is 0 Å². The van der Waals surface area contributed by atoms with Crippen molar-refractivity contribution in [1.82, 2.24) is 0 Å². The highest BCUT2D eigenvalue weighted by Gasteiger charge is 2.12. The van der Waals surface area contributed by atoms with Crippen molar-refractivity contribution >= 4 is 7.82 Å². The molecule has 2 N–H and O–H groups in total. The molecule has 0 saturated carbocycles. The monoisotopic (exact) mass is 284 g/mol. The first-order chi connectivity index (χ1) is 8.56. The van der Waals surface area contributed by atoms with Crippen LogP contribution in [0.15, 0.2) is 0 Å². The van der Waals surface area contributed by atoms with Crippen LogP contribution in [0.2, 0.25) is 0 Å². The maximum absolute atomic E-state index is 10.3. The highest BCUT2D eigenvalue weighted by atomic mass is 31.2. The highest BCUT2D eigenvalue weighted by Crippen LogP contribution is 2.35. The molecule has 7 heteroatoms. The summed E-state index contributed by atoms with van der Waals surface area (Å²) in [5, 5.41) is 0. The molecule has 0 aliphatic carbocycles. The Bertz CT molecular complexity index is 218. The molecule has 0 atom stereocenters. The molecule has 6 nitrogen and oxygen atoms in total. The molecule has 0 fully saturated rings. The second-order valence-electron chi connectivity index (χ2n) is 3.96. The first kappa shape index (κ1) is 18.0. The number of ether oxygens (including phenoxy) is 2. The lowest BCUT2D eigenvalue weighted by molar-refractivity contribution is 0.0312. The minimum atomic E-state index is -4.36. The maximum Gasteiger partial charge on any atom is 0.469 e. The lowest BCUT2D eigenvalue weighted by Crippen LogP contribution is -2.09. The standard InChI is InChI=1S/C11H25O6P/c1-2-3-4-5-6-7-15-8-9-16-10-11-17-18(12,13)14/h2-11H2,1H3,(H2,12,13,14). The van der Waals surface area contributed by atoms with Crippen molar-refractivity contribution in [3.63, 3.8) is 0 Å². The van der Waals surface area contributed by atoms with Crippen molar-refractivity contribution in [2.75, 3.05) is 33.0 Å². The maximum atomic E-state index is 10.3. The number of hydrogen-bond donors (Lipinski definition) is 2. The van der Waals surface area contributed by atoms with Gasteiger partial charge in [-0.2, -0.15) is 0 Å². The third-order valence-electron chi connectivity index (χ3n) is 2.25. The Hall–Kier alpha value is 0.0300. The van der Waals surface area contributed by atoms with E-state index in [0.717, 1.165) is 13.0 Å². The summed E-state index contributed by atoms with van der Waals surface area (Å²) in [4.78, 5) is 16.8. The Morgan fingerprint density at radius 1 is 0.833 bits per heavy atom. The third kappa shape index (κ3) is 16.0.